The van der Waals surface area contributed by atoms with E-state index in [1.165, 1.54) is 5.69 Å². The first kappa shape index (κ1) is 12.8. The largest absolute Gasteiger partial charge is 0.303 e. The average Bonchev–Trinajstić information content (AvgIpc) is 2.81. The van der Waals surface area contributed by atoms with Crippen LogP contribution in [0.4, 0.5) is 0 Å². The maximum atomic E-state index is 4.57. The predicted octanol–water partition coefficient (Wildman–Crippen LogP) is 2.89. The van der Waals surface area contributed by atoms with Gasteiger partial charge in [0.05, 0.1) is 17.1 Å². The van der Waals surface area contributed by atoms with Crippen LogP contribution in [0.2, 0.25) is 0 Å². The highest BCUT2D eigenvalue weighted by Gasteiger charge is 2.10. The number of imidazole rings is 1. The fraction of sp³-hybridized carbons (Fsp3) is 0.250. The van der Waals surface area contributed by atoms with Gasteiger partial charge < -0.3 is 9.72 Å². The zero-order valence-electron chi connectivity index (χ0n) is 11.7. The number of aryl methyl sites for hydroxylation is 1. The summed E-state index contributed by atoms with van der Waals surface area (Å²) >= 11 is 0. The molecule has 1 atom stereocenters. The summed E-state index contributed by atoms with van der Waals surface area (Å²) in [5.41, 5.74) is 4.31. The summed E-state index contributed by atoms with van der Waals surface area (Å²) in [6.45, 7) is 4.95. The monoisotopic (exact) mass is 266 g/mol. The quantitative estimate of drug-likeness (QED) is 0.789. The van der Waals surface area contributed by atoms with Crippen LogP contribution >= 0.6 is 0 Å². The third-order valence-corrected chi connectivity index (χ3v) is 3.54. The van der Waals surface area contributed by atoms with E-state index in [1.807, 2.05) is 42.6 Å². The van der Waals surface area contributed by atoms with Crippen molar-refractivity contribution < 1.29 is 0 Å². The van der Waals surface area contributed by atoms with Crippen LogP contribution in [-0.2, 0) is 6.54 Å². The smallest absolute Gasteiger partial charge is 0.137 e. The highest BCUT2D eigenvalue weighted by atomic mass is 15.0. The van der Waals surface area contributed by atoms with E-state index in [2.05, 4.69) is 39.7 Å². The molecule has 0 aliphatic heterocycles. The van der Waals surface area contributed by atoms with Crippen LogP contribution in [-0.4, -0.2) is 14.4 Å². The van der Waals surface area contributed by atoms with Gasteiger partial charge in [-0.3, -0.25) is 4.98 Å². The van der Waals surface area contributed by atoms with Gasteiger partial charge >= 0.3 is 0 Å². The Morgan fingerprint density at radius 3 is 2.85 bits per heavy atom. The molecule has 4 heteroatoms. The Morgan fingerprint density at radius 2 is 2.05 bits per heavy atom. The van der Waals surface area contributed by atoms with Gasteiger partial charge in [0, 0.05) is 25.0 Å². The van der Waals surface area contributed by atoms with Crippen molar-refractivity contribution in [2.45, 2.75) is 26.4 Å². The van der Waals surface area contributed by atoms with E-state index >= 15 is 0 Å². The maximum absolute atomic E-state index is 4.57. The van der Waals surface area contributed by atoms with Crippen molar-refractivity contribution in [1.29, 1.82) is 0 Å². The molecule has 0 fully saturated rings. The molecule has 1 N–H and O–H groups in total. The van der Waals surface area contributed by atoms with Crippen molar-refractivity contribution in [3.05, 3.63) is 65.9 Å². The molecule has 4 nitrogen and oxygen atoms in total. The summed E-state index contributed by atoms with van der Waals surface area (Å²) in [5.74, 6) is 0. The maximum Gasteiger partial charge on any atom is 0.137 e. The molecule has 0 amide bonds. The van der Waals surface area contributed by atoms with Crippen molar-refractivity contribution in [1.82, 2.24) is 19.7 Å². The molecule has 0 bridgehead atoms. The van der Waals surface area contributed by atoms with Crippen LogP contribution in [0.3, 0.4) is 0 Å². The number of rotatable bonds is 4. The van der Waals surface area contributed by atoms with Crippen LogP contribution in [0.15, 0.2) is 48.8 Å². The molecule has 20 heavy (non-hydrogen) atoms. The van der Waals surface area contributed by atoms with Gasteiger partial charge in [-0.25, -0.2) is 4.98 Å². The molecular formula is C16H18N4. The van der Waals surface area contributed by atoms with Gasteiger partial charge in [-0.05, 0) is 38.1 Å². The lowest BCUT2D eigenvalue weighted by atomic mass is 10.2. The number of nitrogens with one attached hydrogen (secondary N) is 1. The van der Waals surface area contributed by atoms with E-state index in [4.69, 9.17) is 0 Å². The first-order valence-corrected chi connectivity index (χ1v) is 6.82. The predicted molar refractivity (Wildman–Crippen MR) is 79.4 cm³/mol. The molecule has 102 valence electrons. The molecule has 0 saturated heterocycles. The average molecular weight is 266 g/mol. The van der Waals surface area contributed by atoms with Crippen LogP contribution in [0, 0.1) is 6.92 Å². The van der Waals surface area contributed by atoms with Crippen molar-refractivity contribution in [2.75, 3.05) is 0 Å². The van der Waals surface area contributed by atoms with Crippen LogP contribution in [0.1, 0.15) is 30.0 Å². The van der Waals surface area contributed by atoms with Gasteiger partial charge in [0.15, 0.2) is 0 Å². The third-order valence-electron chi connectivity index (χ3n) is 3.54. The van der Waals surface area contributed by atoms with Crippen LogP contribution < -0.4 is 5.32 Å². The van der Waals surface area contributed by atoms with Crippen molar-refractivity contribution in [3.8, 4) is 0 Å². The molecule has 3 heterocycles. The van der Waals surface area contributed by atoms with E-state index in [0.29, 0.717) is 0 Å². The van der Waals surface area contributed by atoms with Crippen molar-refractivity contribution >= 4 is 5.65 Å². The lowest BCUT2D eigenvalue weighted by Gasteiger charge is -2.13. The van der Waals surface area contributed by atoms with E-state index in [1.54, 1.807) is 0 Å². The lowest BCUT2D eigenvalue weighted by molar-refractivity contribution is 0.552. The standard InChI is InChI=1S/C16H18N4/c1-12(14-7-3-5-9-17-14)18-11-15-13(2)19-16-8-4-6-10-20(15)16/h3-10,12,18H,11H2,1-2H3/t12-/m0/s1. The summed E-state index contributed by atoms with van der Waals surface area (Å²) < 4.78 is 2.13. The van der Waals surface area contributed by atoms with E-state index < -0.39 is 0 Å². The zero-order valence-corrected chi connectivity index (χ0v) is 11.7. The molecule has 3 rings (SSSR count). The van der Waals surface area contributed by atoms with Gasteiger partial charge in [-0.1, -0.05) is 12.1 Å². The summed E-state index contributed by atoms with van der Waals surface area (Å²) in [5, 5.41) is 3.51. The van der Waals surface area contributed by atoms with Gasteiger partial charge in [0.2, 0.25) is 0 Å². The normalized spacial score (nSPS) is 12.7. The van der Waals surface area contributed by atoms with E-state index in [0.717, 1.165) is 23.6 Å². The van der Waals surface area contributed by atoms with E-state index in [-0.39, 0.29) is 6.04 Å². The summed E-state index contributed by atoms with van der Waals surface area (Å²) in [6.07, 6.45) is 3.88. The van der Waals surface area contributed by atoms with Gasteiger partial charge in [-0.15, -0.1) is 0 Å². The fourth-order valence-electron chi connectivity index (χ4n) is 2.36. The Bertz CT molecular complexity index is 703. The molecule has 3 aromatic heterocycles. The van der Waals surface area contributed by atoms with Crippen LogP contribution in [0.25, 0.3) is 5.65 Å². The summed E-state index contributed by atoms with van der Waals surface area (Å²) in [6, 6.07) is 12.3. The number of hydrogen-bond acceptors (Lipinski definition) is 3. The molecule has 0 aromatic carbocycles. The van der Waals surface area contributed by atoms with Crippen LogP contribution in [0.5, 0.6) is 0 Å². The van der Waals surface area contributed by atoms with Crippen molar-refractivity contribution in [2.24, 2.45) is 0 Å². The Hall–Kier alpha value is -2.20. The number of fused-ring (bicyclic) bond motifs is 1. The molecule has 0 saturated carbocycles. The number of pyridine rings is 2. The van der Waals surface area contributed by atoms with Crippen molar-refractivity contribution in [3.63, 3.8) is 0 Å². The SMILES string of the molecule is Cc1nc2ccccn2c1CN[C@@H](C)c1ccccn1. The lowest BCUT2D eigenvalue weighted by Crippen LogP contribution is -2.20. The first-order chi connectivity index (χ1) is 9.75. The topological polar surface area (TPSA) is 42.2 Å². The molecular weight excluding hydrogens is 248 g/mol. The Labute approximate surface area is 118 Å². The Balaban J connectivity index is 1.79. The molecule has 0 radical (unpaired) electrons. The summed E-state index contributed by atoms with van der Waals surface area (Å²) in [4.78, 5) is 8.95. The highest BCUT2D eigenvalue weighted by Crippen LogP contribution is 2.14. The summed E-state index contributed by atoms with van der Waals surface area (Å²) in [7, 11) is 0. The fourth-order valence-corrected chi connectivity index (χ4v) is 2.36. The van der Waals surface area contributed by atoms with E-state index in [9.17, 15) is 0 Å². The highest BCUT2D eigenvalue weighted by molar-refractivity contribution is 5.42. The Morgan fingerprint density at radius 1 is 1.20 bits per heavy atom. The minimum atomic E-state index is 0.213. The zero-order chi connectivity index (χ0) is 13.9. The minimum absolute atomic E-state index is 0.213. The molecule has 0 spiro atoms. The van der Waals surface area contributed by atoms with Gasteiger partial charge in [0.25, 0.3) is 0 Å². The second kappa shape index (κ2) is 5.43. The molecule has 0 aliphatic carbocycles. The number of aromatic nitrogens is 3. The Kier molecular flexibility index (Phi) is 3.48. The third kappa shape index (κ3) is 2.42. The minimum Gasteiger partial charge on any atom is -0.303 e. The molecule has 3 aromatic rings. The second-order valence-electron chi connectivity index (χ2n) is 4.93. The molecule has 0 unspecified atom stereocenters. The second-order valence-corrected chi connectivity index (χ2v) is 4.93. The molecule has 0 aliphatic rings. The number of nitrogens with zero attached hydrogens (tertiary/aromatic N) is 3. The first-order valence-electron chi connectivity index (χ1n) is 6.82. The van der Waals surface area contributed by atoms with Gasteiger partial charge in [-0.2, -0.15) is 0 Å². The van der Waals surface area contributed by atoms with Gasteiger partial charge in [0.1, 0.15) is 5.65 Å². The number of hydrogen-bond donors (Lipinski definition) is 1.